The summed E-state index contributed by atoms with van der Waals surface area (Å²) in [5, 5.41) is 21.1. The number of ether oxygens (including phenoxy) is 1. The highest BCUT2D eigenvalue weighted by Gasteiger charge is 2.32. The molecule has 0 radical (unpaired) electrons. The smallest absolute Gasteiger partial charge is 0.416 e. The van der Waals surface area contributed by atoms with Crippen molar-refractivity contribution in [1.29, 1.82) is 5.26 Å². The van der Waals surface area contributed by atoms with Crippen LogP contribution >= 0.6 is 22.9 Å². The van der Waals surface area contributed by atoms with Crippen LogP contribution in [0.2, 0.25) is 5.02 Å². The first-order valence-electron chi connectivity index (χ1n) is 11.5. The molecular weight excluding hydrogens is 569 g/mol. The number of fused-ring (bicyclic) bond motifs is 2. The lowest BCUT2D eigenvalue weighted by Crippen LogP contribution is -2.27. The number of thiophene rings is 1. The van der Waals surface area contributed by atoms with Crippen LogP contribution in [0.25, 0.3) is 32.2 Å². The van der Waals surface area contributed by atoms with Crippen molar-refractivity contribution in [2.45, 2.75) is 19.6 Å². The van der Waals surface area contributed by atoms with E-state index in [-0.39, 0.29) is 35.4 Å². The van der Waals surface area contributed by atoms with E-state index in [2.05, 4.69) is 9.97 Å². The SMILES string of the molecule is Cc1nc2cc(C(F)(F)F)cc(C#N)c2c(=O)n1CCOc1ccc(Cl)cc1-c1nccc2c(C(=O)O)csc12. The van der Waals surface area contributed by atoms with Crippen molar-refractivity contribution < 1.29 is 27.8 Å². The molecule has 0 bridgehead atoms. The third kappa shape index (κ3) is 4.85. The predicted octanol–water partition coefficient (Wildman–Crippen LogP) is 6.30. The summed E-state index contributed by atoms with van der Waals surface area (Å²) in [6.45, 7) is 1.40. The fourth-order valence-electron chi connectivity index (χ4n) is 4.35. The first kappa shape index (κ1) is 27.1. The van der Waals surface area contributed by atoms with Gasteiger partial charge in [-0.2, -0.15) is 18.4 Å². The molecule has 13 heteroatoms. The lowest BCUT2D eigenvalue weighted by atomic mass is 10.1. The molecule has 3 heterocycles. The highest BCUT2D eigenvalue weighted by Crippen LogP contribution is 2.39. The number of aromatic nitrogens is 3. The summed E-state index contributed by atoms with van der Waals surface area (Å²) in [4.78, 5) is 33.4. The molecule has 0 saturated carbocycles. The molecule has 0 spiro atoms. The molecule has 0 fully saturated rings. The Hall–Kier alpha value is -4.47. The Bertz CT molecular complexity index is 1930. The van der Waals surface area contributed by atoms with Gasteiger partial charge in [-0.15, -0.1) is 11.3 Å². The lowest BCUT2D eigenvalue weighted by Gasteiger charge is -2.15. The molecule has 0 atom stereocenters. The zero-order valence-electron chi connectivity index (χ0n) is 20.4. The summed E-state index contributed by atoms with van der Waals surface area (Å²) in [6.07, 6.45) is -3.21. The molecule has 3 aromatic heterocycles. The second-order valence-electron chi connectivity index (χ2n) is 8.62. The Morgan fingerprint density at radius 3 is 2.73 bits per heavy atom. The topological polar surface area (TPSA) is 118 Å². The number of pyridine rings is 1. The molecule has 0 aliphatic heterocycles. The minimum Gasteiger partial charge on any atom is -0.491 e. The van der Waals surface area contributed by atoms with E-state index in [1.165, 1.54) is 34.4 Å². The molecular formula is C27H16ClF3N4O4S. The molecule has 2 aromatic carbocycles. The van der Waals surface area contributed by atoms with Gasteiger partial charge in [-0.3, -0.25) is 14.3 Å². The summed E-state index contributed by atoms with van der Waals surface area (Å²) >= 11 is 7.46. The van der Waals surface area contributed by atoms with Crippen molar-refractivity contribution in [1.82, 2.24) is 14.5 Å². The number of hydrogen-bond donors (Lipinski definition) is 1. The van der Waals surface area contributed by atoms with Crippen LogP contribution in [-0.2, 0) is 12.7 Å². The van der Waals surface area contributed by atoms with Gasteiger partial charge in [0, 0.05) is 27.5 Å². The Kier molecular flexibility index (Phi) is 6.95. The van der Waals surface area contributed by atoms with Crippen LogP contribution in [-0.4, -0.2) is 32.2 Å². The zero-order chi connectivity index (χ0) is 28.8. The first-order valence-corrected chi connectivity index (χ1v) is 12.8. The quantitative estimate of drug-likeness (QED) is 0.249. The van der Waals surface area contributed by atoms with E-state index >= 15 is 0 Å². The lowest BCUT2D eigenvalue weighted by molar-refractivity contribution is -0.137. The maximum absolute atomic E-state index is 13.3. The number of carbonyl (C=O) groups is 1. The minimum atomic E-state index is -4.70. The molecule has 0 unspecified atom stereocenters. The summed E-state index contributed by atoms with van der Waals surface area (Å²) < 4.78 is 47.6. The van der Waals surface area contributed by atoms with Crippen molar-refractivity contribution in [3.05, 3.63) is 85.9 Å². The molecule has 1 N–H and O–H groups in total. The Morgan fingerprint density at radius 2 is 2.02 bits per heavy atom. The van der Waals surface area contributed by atoms with Gasteiger partial charge < -0.3 is 9.84 Å². The van der Waals surface area contributed by atoms with E-state index in [9.17, 15) is 33.1 Å². The molecule has 5 aromatic rings. The number of alkyl halides is 3. The largest absolute Gasteiger partial charge is 0.491 e. The third-order valence-electron chi connectivity index (χ3n) is 6.19. The minimum absolute atomic E-state index is 0.0264. The Balaban J connectivity index is 1.49. The van der Waals surface area contributed by atoms with Crippen molar-refractivity contribution in [2.75, 3.05) is 6.61 Å². The van der Waals surface area contributed by atoms with Crippen molar-refractivity contribution >= 4 is 49.9 Å². The van der Waals surface area contributed by atoms with Gasteiger partial charge in [-0.1, -0.05) is 11.6 Å². The predicted molar refractivity (Wildman–Crippen MR) is 143 cm³/mol. The standard InChI is InChI=1S/C27H16ClF3N4O4S/c1-13-34-20-9-15(27(29,30)31)8-14(11-32)22(20)25(36)35(13)6-7-39-21-3-2-16(28)10-18(21)23-24-17(4-5-33-23)19(12-40-24)26(37)38/h2-5,8-10,12H,6-7H2,1H3,(H,37,38). The van der Waals surface area contributed by atoms with Gasteiger partial charge in [0.15, 0.2) is 0 Å². The van der Waals surface area contributed by atoms with Gasteiger partial charge in [0.1, 0.15) is 24.3 Å². The number of nitriles is 1. The second kappa shape index (κ2) is 10.3. The number of aromatic carboxylic acids is 1. The van der Waals surface area contributed by atoms with Crippen molar-refractivity contribution in [2.24, 2.45) is 0 Å². The number of carboxylic acid groups (broad SMARTS) is 1. The average molecular weight is 585 g/mol. The van der Waals surface area contributed by atoms with Crippen molar-refractivity contribution in [3.8, 4) is 23.1 Å². The normalized spacial score (nSPS) is 11.6. The molecule has 8 nitrogen and oxygen atoms in total. The number of benzene rings is 2. The number of halogens is 4. The first-order chi connectivity index (χ1) is 19.0. The zero-order valence-corrected chi connectivity index (χ0v) is 22.0. The number of hydrogen-bond acceptors (Lipinski definition) is 7. The van der Waals surface area contributed by atoms with E-state index in [4.69, 9.17) is 16.3 Å². The van der Waals surface area contributed by atoms with Crippen LogP contribution in [0.3, 0.4) is 0 Å². The molecule has 0 saturated heterocycles. The number of rotatable bonds is 6. The van der Waals surface area contributed by atoms with Gasteiger partial charge in [-0.25, -0.2) is 9.78 Å². The fraction of sp³-hybridized carbons (Fsp3) is 0.148. The third-order valence-corrected chi connectivity index (χ3v) is 7.42. The maximum atomic E-state index is 13.3. The summed E-state index contributed by atoms with van der Waals surface area (Å²) in [5.74, 6) is -0.557. The molecule has 202 valence electrons. The summed E-state index contributed by atoms with van der Waals surface area (Å²) in [5.41, 5.74) is -1.26. The van der Waals surface area contributed by atoms with Crippen LogP contribution in [0.15, 0.2) is 52.8 Å². The second-order valence-corrected chi connectivity index (χ2v) is 9.94. The van der Waals surface area contributed by atoms with Crippen molar-refractivity contribution in [3.63, 3.8) is 0 Å². The van der Waals surface area contributed by atoms with Crippen LogP contribution in [0.1, 0.15) is 27.3 Å². The van der Waals surface area contributed by atoms with Gasteiger partial charge in [-0.05, 0) is 43.3 Å². The molecule has 40 heavy (non-hydrogen) atoms. The van der Waals surface area contributed by atoms with Gasteiger partial charge in [0.25, 0.3) is 5.56 Å². The fourth-order valence-corrected chi connectivity index (χ4v) is 5.56. The van der Waals surface area contributed by atoms with E-state index in [1.54, 1.807) is 30.3 Å². The van der Waals surface area contributed by atoms with Crippen LogP contribution in [0.5, 0.6) is 5.75 Å². The number of carboxylic acids is 1. The monoisotopic (exact) mass is 584 g/mol. The van der Waals surface area contributed by atoms with Gasteiger partial charge in [0.2, 0.25) is 0 Å². The number of nitrogens with zero attached hydrogens (tertiary/aromatic N) is 4. The maximum Gasteiger partial charge on any atom is 0.416 e. The van der Waals surface area contributed by atoms with E-state index in [0.29, 0.717) is 38.2 Å². The number of aryl methyl sites for hydroxylation is 1. The molecule has 5 rings (SSSR count). The van der Waals surface area contributed by atoms with E-state index in [0.717, 1.165) is 6.07 Å². The Morgan fingerprint density at radius 1 is 1.25 bits per heavy atom. The summed E-state index contributed by atoms with van der Waals surface area (Å²) in [7, 11) is 0. The van der Waals surface area contributed by atoms with Crippen LogP contribution in [0.4, 0.5) is 13.2 Å². The van der Waals surface area contributed by atoms with Crippen LogP contribution in [0, 0.1) is 18.3 Å². The van der Waals surface area contributed by atoms with E-state index in [1.807, 2.05) is 0 Å². The van der Waals surface area contributed by atoms with Gasteiger partial charge in [0.05, 0.1) is 44.5 Å². The van der Waals surface area contributed by atoms with Crippen LogP contribution < -0.4 is 10.3 Å². The van der Waals surface area contributed by atoms with Gasteiger partial charge >= 0.3 is 12.1 Å². The average Bonchev–Trinajstić information content (AvgIpc) is 3.34. The highest BCUT2D eigenvalue weighted by atomic mass is 35.5. The summed E-state index contributed by atoms with van der Waals surface area (Å²) in [6, 6.07) is 9.51. The highest BCUT2D eigenvalue weighted by molar-refractivity contribution is 7.18. The molecule has 0 amide bonds. The Labute approximate surface area is 232 Å². The molecule has 0 aliphatic rings. The van der Waals surface area contributed by atoms with E-state index < -0.39 is 28.8 Å². The molecule has 0 aliphatic carbocycles.